The van der Waals surface area contributed by atoms with E-state index in [0.717, 1.165) is 54.7 Å². The quantitative estimate of drug-likeness (QED) is 0.749. The van der Waals surface area contributed by atoms with Crippen LogP contribution in [0.4, 0.5) is 10.7 Å². The molecule has 9 heteroatoms. The number of anilines is 2. The molecule has 0 bridgehead atoms. The van der Waals surface area contributed by atoms with E-state index in [1.165, 1.54) is 11.3 Å². The van der Waals surface area contributed by atoms with Crippen molar-refractivity contribution in [2.75, 3.05) is 50.1 Å². The minimum absolute atomic E-state index is 0.0769. The van der Waals surface area contributed by atoms with E-state index in [4.69, 9.17) is 4.74 Å². The van der Waals surface area contributed by atoms with Crippen LogP contribution in [0.3, 0.4) is 0 Å². The van der Waals surface area contributed by atoms with Gasteiger partial charge in [-0.25, -0.2) is 4.98 Å². The summed E-state index contributed by atoms with van der Waals surface area (Å²) in [5, 5.41) is 6.98. The SMILES string of the molecule is CC.CC.CNC(=O)c1ncc(N2CCN(Cc3ccc4c(c3)NC(=O)CO4)CC2)s1. The Hall–Kier alpha value is -2.65. The molecule has 1 saturated heterocycles. The summed E-state index contributed by atoms with van der Waals surface area (Å²) in [5.41, 5.74) is 1.89. The Kier molecular flexibility index (Phi) is 9.74. The number of nitrogens with zero attached hydrogens (tertiary/aromatic N) is 3. The Morgan fingerprint density at radius 2 is 1.90 bits per heavy atom. The second-order valence-electron chi connectivity index (χ2n) is 6.51. The number of aromatic nitrogens is 1. The molecule has 1 aromatic heterocycles. The van der Waals surface area contributed by atoms with Crippen molar-refractivity contribution in [3.8, 4) is 5.75 Å². The fraction of sp³-hybridized carbons (Fsp3) is 0.500. The lowest BCUT2D eigenvalue weighted by atomic mass is 10.1. The van der Waals surface area contributed by atoms with Gasteiger partial charge in [0.25, 0.3) is 11.8 Å². The van der Waals surface area contributed by atoms with E-state index in [2.05, 4.69) is 25.4 Å². The number of fused-ring (bicyclic) bond motifs is 1. The molecular formula is C22H33N5O3S. The molecule has 8 nitrogen and oxygen atoms in total. The van der Waals surface area contributed by atoms with Gasteiger partial charge in [0.2, 0.25) is 0 Å². The summed E-state index contributed by atoms with van der Waals surface area (Å²) in [7, 11) is 1.61. The monoisotopic (exact) mass is 447 g/mol. The average Bonchev–Trinajstić information content (AvgIpc) is 3.32. The molecule has 4 rings (SSSR count). The summed E-state index contributed by atoms with van der Waals surface area (Å²) in [4.78, 5) is 32.0. The van der Waals surface area contributed by atoms with Crippen molar-refractivity contribution in [2.24, 2.45) is 0 Å². The summed E-state index contributed by atoms with van der Waals surface area (Å²) in [5.74, 6) is 0.461. The molecule has 2 N–H and O–H groups in total. The van der Waals surface area contributed by atoms with E-state index in [9.17, 15) is 9.59 Å². The van der Waals surface area contributed by atoms with Gasteiger partial charge in [0.1, 0.15) is 10.8 Å². The molecular weight excluding hydrogens is 414 g/mol. The van der Waals surface area contributed by atoms with Crippen LogP contribution in [0.15, 0.2) is 24.4 Å². The van der Waals surface area contributed by atoms with E-state index in [0.29, 0.717) is 5.01 Å². The number of nitrogens with one attached hydrogen (secondary N) is 2. The van der Waals surface area contributed by atoms with Gasteiger partial charge in [-0.05, 0) is 17.7 Å². The third kappa shape index (κ3) is 6.41. The highest BCUT2D eigenvalue weighted by molar-refractivity contribution is 7.17. The van der Waals surface area contributed by atoms with Gasteiger partial charge in [-0.2, -0.15) is 0 Å². The van der Waals surface area contributed by atoms with Crippen molar-refractivity contribution in [3.63, 3.8) is 0 Å². The van der Waals surface area contributed by atoms with Crippen LogP contribution in [0.25, 0.3) is 0 Å². The van der Waals surface area contributed by atoms with Crippen LogP contribution in [-0.4, -0.2) is 61.5 Å². The maximum atomic E-state index is 11.7. The maximum Gasteiger partial charge on any atom is 0.280 e. The van der Waals surface area contributed by atoms with E-state index in [1.807, 2.05) is 45.9 Å². The van der Waals surface area contributed by atoms with Crippen LogP contribution in [0.2, 0.25) is 0 Å². The third-order valence-corrected chi connectivity index (χ3v) is 5.74. The minimum Gasteiger partial charge on any atom is -0.482 e. The van der Waals surface area contributed by atoms with Crippen molar-refractivity contribution < 1.29 is 14.3 Å². The van der Waals surface area contributed by atoms with Crippen LogP contribution in [0.1, 0.15) is 43.1 Å². The fourth-order valence-corrected chi connectivity index (χ4v) is 4.15. The number of carbonyl (C=O) groups is 2. The van der Waals surface area contributed by atoms with Crippen molar-refractivity contribution in [3.05, 3.63) is 35.0 Å². The van der Waals surface area contributed by atoms with E-state index >= 15 is 0 Å². The van der Waals surface area contributed by atoms with Crippen LogP contribution in [-0.2, 0) is 11.3 Å². The number of benzene rings is 1. The van der Waals surface area contributed by atoms with Crippen LogP contribution in [0.5, 0.6) is 5.75 Å². The number of piperazine rings is 1. The normalized spacial score (nSPS) is 15.3. The van der Waals surface area contributed by atoms with Gasteiger partial charge in [-0.15, -0.1) is 0 Å². The number of ether oxygens (including phenoxy) is 1. The molecule has 0 saturated carbocycles. The van der Waals surface area contributed by atoms with Crippen molar-refractivity contribution in [2.45, 2.75) is 34.2 Å². The van der Waals surface area contributed by atoms with Gasteiger partial charge in [-0.1, -0.05) is 45.1 Å². The molecule has 0 unspecified atom stereocenters. The average molecular weight is 448 g/mol. The molecule has 1 aromatic carbocycles. The summed E-state index contributed by atoms with van der Waals surface area (Å²) in [6.07, 6.45) is 1.77. The highest BCUT2D eigenvalue weighted by atomic mass is 32.1. The van der Waals surface area contributed by atoms with E-state index in [-0.39, 0.29) is 18.4 Å². The minimum atomic E-state index is -0.145. The number of hydrogen-bond donors (Lipinski definition) is 2. The lowest BCUT2D eigenvalue weighted by Gasteiger charge is -2.35. The lowest BCUT2D eigenvalue weighted by Crippen LogP contribution is -2.45. The van der Waals surface area contributed by atoms with Crippen LogP contribution < -0.4 is 20.3 Å². The number of amides is 2. The predicted molar refractivity (Wildman–Crippen MR) is 126 cm³/mol. The maximum absolute atomic E-state index is 11.7. The van der Waals surface area contributed by atoms with Crippen molar-refractivity contribution in [1.82, 2.24) is 15.2 Å². The van der Waals surface area contributed by atoms with Crippen molar-refractivity contribution >= 4 is 33.8 Å². The van der Waals surface area contributed by atoms with Crippen LogP contribution in [0, 0.1) is 0 Å². The zero-order valence-corrected chi connectivity index (χ0v) is 19.8. The second-order valence-corrected chi connectivity index (χ2v) is 7.52. The first-order valence-corrected chi connectivity index (χ1v) is 11.6. The first kappa shape index (κ1) is 24.6. The molecule has 2 aliphatic rings. The number of thiazole rings is 1. The molecule has 0 spiro atoms. The Balaban J connectivity index is 0.000000807. The van der Waals surface area contributed by atoms with Gasteiger partial charge in [-0.3, -0.25) is 14.5 Å². The Morgan fingerprint density at radius 3 is 2.58 bits per heavy atom. The number of hydrogen-bond acceptors (Lipinski definition) is 7. The van der Waals surface area contributed by atoms with Gasteiger partial charge in [0.05, 0.1) is 11.9 Å². The van der Waals surface area contributed by atoms with Gasteiger partial charge >= 0.3 is 0 Å². The smallest absolute Gasteiger partial charge is 0.280 e. The number of carbonyl (C=O) groups excluding carboxylic acids is 2. The zero-order valence-electron chi connectivity index (χ0n) is 19.0. The van der Waals surface area contributed by atoms with Gasteiger partial charge in [0.15, 0.2) is 11.6 Å². The predicted octanol–water partition coefficient (Wildman–Crippen LogP) is 3.21. The molecule has 3 heterocycles. The highest BCUT2D eigenvalue weighted by Crippen LogP contribution is 2.29. The van der Waals surface area contributed by atoms with Crippen LogP contribution >= 0.6 is 11.3 Å². The summed E-state index contributed by atoms with van der Waals surface area (Å²) in [6, 6.07) is 5.94. The lowest BCUT2D eigenvalue weighted by molar-refractivity contribution is -0.118. The zero-order chi connectivity index (χ0) is 22.8. The molecule has 0 radical (unpaired) electrons. The van der Waals surface area contributed by atoms with E-state index in [1.54, 1.807) is 13.2 Å². The molecule has 31 heavy (non-hydrogen) atoms. The molecule has 170 valence electrons. The fourth-order valence-electron chi connectivity index (χ4n) is 3.24. The van der Waals surface area contributed by atoms with E-state index < -0.39 is 0 Å². The Labute approximate surface area is 188 Å². The highest BCUT2D eigenvalue weighted by Gasteiger charge is 2.21. The second kappa shape index (κ2) is 12.3. The molecule has 2 aromatic rings. The number of rotatable bonds is 4. The van der Waals surface area contributed by atoms with Crippen molar-refractivity contribution in [1.29, 1.82) is 0 Å². The van der Waals surface area contributed by atoms with Gasteiger partial charge < -0.3 is 20.3 Å². The molecule has 2 aliphatic heterocycles. The molecule has 1 fully saturated rings. The summed E-state index contributed by atoms with van der Waals surface area (Å²) < 4.78 is 5.41. The Bertz CT molecular complexity index is 863. The standard InChI is InChI=1S/C18H21N5O3S.2C2H6/c1-19-17(25)18-20-9-16(27-18)23-6-4-22(5-7-23)10-12-2-3-14-13(8-12)21-15(24)11-26-14;2*1-2/h2-3,8-9H,4-7,10-11H2,1H3,(H,19,25)(H,21,24);2*1-2H3. The summed E-state index contributed by atoms with van der Waals surface area (Å²) in [6.45, 7) is 12.5. The topological polar surface area (TPSA) is 86.8 Å². The third-order valence-electron chi connectivity index (χ3n) is 4.68. The first-order valence-electron chi connectivity index (χ1n) is 10.8. The van der Waals surface area contributed by atoms with Gasteiger partial charge in [0, 0.05) is 39.8 Å². The largest absolute Gasteiger partial charge is 0.482 e. The molecule has 2 amide bonds. The Morgan fingerprint density at radius 1 is 1.19 bits per heavy atom. The molecule has 0 aliphatic carbocycles. The summed E-state index contributed by atoms with van der Waals surface area (Å²) >= 11 is 1.42. The first-order chi connectivity index (χ1) is 15.1. The molecule has 0 atom stereocenters.